The molecule has 72 valence electrons. The third-order valence-corrected chi connectivity index (χ3v) is 5.20. The first-order chi connectivity index (χ1) is 5.52. The van der Waals surface area contributed by atoms with Crippen LogP contribution in [-0.4, -0.2) is 33.1 Å². The Hall–Kier alpha value is -0.0831. The van der Waals surface area contributed by atoms with Crippen molar-refractivity contribution < 1.29 is 0 Å². The summed E-state index contributed by atoms with van der Waals surface area (Å²) in [5, 5.41) is 0. The van der Waals surface area contributed by atoms with Gasteiger partial charge in [-0.05, 0) is 26.6 Å². The average Bonchev–Trinajstić information content (AvgIpc) is 2.04. The van der Waals surface area contributed by atoms with E-state index >= 15 is 0 Å². The molecule has 0 unspecified atom stereocenters. The molecule has 0 spiro atoms. The van der Waals surface area contributed by atoms with Crippen LogP contribution in [0.4, 0.5) is 0 Å². The van der Waals surface area contributed by atoms with Gasteiger partial charge in [-0.15, -0.1) is 12.3 Å². The molecule has 0 saturated heterocycles. The third kappa shape index (κ3) is 5.55. The van der Waals surface area contributed by atoms with E-state index in [0.717, 1.165) is 6.54 Å². The van der Waals surface area contributed by atoms with Crippen molar-refractivity contribution in [2.75, 3.05) is 20.1 Å². The maximum absolute atomic E-state index is 3.90. The molecule has 0 saturated carbocycles. The molecule has 0 N–H and O–H groups in total. The van der Waals surface area contributed by atoms with Crippen LogP contribution in [0.1, 0.15) is 13.3 Å². The second kappa shape index (κ2) is 5.54. The van der Waals surface area contributed by atoms with Gasteiger partial charge in [0.1, 0.15) is 0 Å². The van der Waals surface area contributed by atoms with Crippen LogP contribution in [0.15, 0.2) is 12.3 Å². The van der Waals surface area contributed by atoms with Crippen molar-refractivity contribution in [3.8, 4) is 0 Å². The van der Waals surface area contributed by atoms with Crippen molar-refractivity contribution >= 4 is 8.07 Å². The van der Waals surface area contributed by atoms with Crippen molar-refractivity contribution in [3.05, 3.63) is 12.3 Å². The molecule has 0 radical (unpaired) electrons. The first-order valence-electron chi connectivity index (χ1n) is 4.84. The van der Waals surface area contributed by atoms with Crippen LogP contribution in [0.2, 0.25) is 19.1 Å². The second-order valence-corrected chi connectivity index (χ2v) is 9.08. The van der Waals surface area contributed by atoms with Gasteiger partial charge >= 0.3 is 0 Å². The van der Waals surface area contributed by atoms with Crippen molar-refractivity contribution in [2.45, 2.75) is 32.5 Å². The first-order valence-corrected chi connectivity index (χ1v) is 8.12. The molecule has 0 aromatic rings. The van der Waals surface area contributed by atoms with Crippen LogP contribution in [0.5, 0.6) is 0 Å². The van der Waals surface area contributed by atoms with E-state index in [-0.39, 0.29) is 0 Å². The van der Waals surface area contributed by atoms with E-state index in [2.05, 4.69) is 44.2 Å². The molecular formula is C10H23NSi. The summed E-state index contributed by atoms with van der Waals surface area (Å²) in [4.78, 5) is 2.37. The van der Waals surface area contributed by atoms with E-state index in [1.807, 2.05) is 0 Å². The highest BCUT2D eigenvalue weighted by atomic mass is 28.3. The lowest BCUT2D eigenvalue weighted by molar-refractivity contribution is 0.353. The lowest BCUT2D eigenvalue weighted by atomic mass is 10.4. The molecule has 0 atom stereocenters. The quantitative estimate of drug-likeness (QED) is 0.575. The predicted octanol–water partition coefficient (Wildman–Crippen LogP) is 2.76. The maximum Gasteiger partial charge on any atom is 0.0710 e. The Balaban J connectivity index is 3.49. The molecule has 0 rings (SSSR count). The van der Waals surface area contributed by atoms with Crippen LogP contribution < -0.4 is 0 Å². The first kappa shape index (κ1) is 11.9. The Kier molecular flexibility index (Phi) is 5.50. The van der Waals surface area contributed by atoms with Crippen LogP contribution >= 0.6 is 0 Å². The van der Waals surface area contributed by atoms with Gasteiger partial charge in [0.25, 0.3) is 0 Å². The number of nitrogens with zero attached hydrogens (tertiary/aromatic N) is 1. The molecule has 1 nitrogen and oxygen atoms in total. The number of hydrogen-bond acceptors (Lipinski definition) is 1. The fourth-order valence-electron chi connectivity index (χ4n) is 1.06. The molecule has 0 aliphatic heterocycles. The molecule has 0 fully saturated rings. The summed E-state index contributed by atoms with van der Waals surface area (Å²) < 4.78 is 0. The number of hydrogen-bond donors (Lipinski definition) is 0. The summed E-state index contributed by atoms with van der Waals surface area (Å²) >= 11 is 0. The summed E-state index contributed by atoms with van der Waals surface area (Å²) in [6, 6.07) is 1.38. The zero-order valence-corrected chi connectivity index (χ0v) is 10.1. The fraction of sp³-hybridized carbons (Fsp3) is 0.800. The molecule has 0 bridgehead atoms. The Morgan fingerprint density at radius 3 is 2.42 bits per heavy atom. The molecule has 2 heteroatoms. The molecular weight excluding hydrogens is 162 g/mol. The van der Waals surface area contributed by atoms with Gasteiger partial charge in [0.2, 0.25) is 0 Å². The zero-order valence-electron chi connectivity index (χ0n) is 9.06. The summed E-state index contributed by atoms with van der Waals surface area (Å²) in [5.74, 6) is 0. The van der Waals surface area contributed by atoms with Gasteiger partial charge in [0.05, 0.1) is 8.07 Å². The van der Waals surface area contributed by atoms with Gasteiger partial charge < -0.3 is 4.90 Å². The highest BCUT2D eigenvalue weighted by molar-refractivity contribution is 6.82. The molecule has 0 heterocycles. The van der Waals surface area contributed by atoms with Crippen LogP contribution in [-0.2, 0) is 0 Å². The van der Waals surface area contributed by atoms with E-state index < -0.39 is 8.07 Å². The zero-order chi connectivity index (χ0) is 9.61. The standard InChI is InChI=1S/C10H23NSi/c1-6-11(3)9-8-10-12(4,5)7-2/h7H,2,6,8-10H2,1,3-5H3. The smallest absolute Gasteiger partial charge is 0.0710 e. The third-order valence-electron chi connectivity index (χ3n) is 2.45. The van der Waals surface area contributed by atoms with Gasteiger partial charge in [-0.2, -0.15) is 0 Å². The normalized spacial score (nSPS) is 12.1. The lowest BCUT2D eigenvalue weighted by Gasteiger charge is -2.19. The predicted molar refractivity (Wildman–Crippen MR) is 60.3 cm³/mol. The van der Waals surface area contributed by atoms with Crippen molar-refractivity contribution in [1.29, 1.82) is 0 Å². The average molecular weight is 185 g/mol. The lowest BCUT2D eigenvalue weighted by Crippen LogP contribution is -2.25. The van der Waals surface area contributed by atoms with Gasteiger partial charge in [0, 0.05) is 0 Å². The summed E-state index contributed by atoms with van der Waals surface area (Å²) in [6.45, 7) is 13.3. The second-order valence-electron chi connectivity index (χ2n) is 4.19. The minimum atomic E-state index is -1.02. The van der Waals surface area contributed by atoms with Gasteiger partial charge in [-0.1, -0.05) is 26.1 Å². The van der Waals surface area contributed by atoms with E-state index in [9.17, 15) is 0 Å². The van der Waals surface area contributed by atoms with E-state index in [0.29, 0.717) is 0 Å². The number of rotatable bonds is 6. The van der Waals surface area contributed by atoms with Crippen molar-refractivity contribution in [1.82, 2.24) is 4.90 Å². The minimum absolute atomic E-state index is 1.02. The molecule has 0 aromatic carbocycles. The van der Waals surface area contributed by atoms with Crippen molar-refractivity contribution in [2.24, 2.45) is 0 Å². The highest BCUT2D eigenvalue weighted by Gasteiger charge is 2.14. The SMILES string of the molecule is C=C[Si](C)(C)CCCN(C)CC. The van der Waals surface area contributed by atoms with E-state index in [4.69, 9.17) is 0 Å². The molecule has 0 aromatic heterocycles. The van der Waals surface area contributed by atoms with Crippen LogP contribution in [0.3, 0.4) is 0 Å². The van der Waals surface area contributed by atoms with Crippen LogP contribution in [0.25, 0.3) is 0 Å². The Bertz CT molecular complexity index is 132. The summed E-state index contributed by atoms with van der Waals surface area (Å²) in [7, 11) is 1.16. The summed E-state index contributed by atoms with van der Waals surface area (Å²) in [6.07, 6.45) is 1.33. The van der Waals surface area contributed by atoms with Gasteiger partial charge in [-0.3, -0.25) is 0 Å². The Morgan fingerprint density at radius 1 is 1.42 bits per heavy atom. The summed E-state index contributed by atoms with van der Waals surface area (Å²) in [5.41, 5.74) is 2.19. The monoisotopic (exact) mass is 185 g/mol. The molecule has 12 heavy (non-hydrogen) atoms. The molecule has 0 amide bonds. The topological polar surface area (TPSA) is 3.24 Å². The highest BCUT2D eigenvalue weighted by Crippen LogP contribution is 2.12. The van der Waals surface area contributed by atoms with Gasteiger partial charge in [0.15, 0.2) is 0 Å². The Labute approximate surface area is 78.5 Å². The van der Waals surface area contributed by atoms with Crippen molar-refractivity contribution in [3.63, 3.8) is 0 Å². The molecule has 0 aliphatic carbocycles. The largest absolute Gasteiger partial charge is 0.307 e. The van der Waals surface area contributed by atoms with Gasteiger partial charge in [-0.25, -0.2) is 0 Å². The van der Waals surface area contributed by atoms with E-state index in [1.54, 1.807) is 0 Å². The Morgan fingerprint density at radius 2 is 2.00 bits per heavy atom. The minimum Gasteiger partial charge on any atom is -0.307 e. The van der Waals surface area contributed by atoms with Crippen LogP contribution in [0, 0.1) is 0 Å². The molecule has 0 aliphatic rings. The van der Waals surface area contributed by atoms with E-state index in [1.165, 1.54) is 19.0 Å². The fourth-order valence-corrected chi connectivity index (χ4v) is 2.34. The maximum atomic E-state index is 3.90.